The van der Waals surface area contributed by atoms with E-state index in [-0.39, 0.29) is 31.1 Å². The topological polar surface area (TPSA) is 78.9 Å². The average molecular weight is 1090 g/mol. The van der Waals surface area contributed by atoms with Gasteiger partial charge in [0.15, 0.2) is 6.10 Å². The van der Waals surface area contributed by atoms with Gasteiger partial charge in [0.05, 0.1) is 0 Å². The number of carbonyl (C=O) groups is 3. The molecular weight excluding hydrogens is 961 g/mol. The Bertz CT molecular complexity index is 1390. The number of rotatable bonds is 63. The third kappa shape index (κ3) is 63.9. The van der Waals surface area contributed by atoms with Crippen LogP contribution in [0.15, 0.2) is 60.8 Å². The van der Waals surface area contributed by atoms with Gasteiger partial charge in [0.1, 0.15) is 13.2 Å². The fraction of sp³-hybridized carbons (Fsp3) is 0.819. The number of esters is 3. The molecule has 6 nitrogen and oxygen atoms in total. The quantitative estimate of drug-likeness (QED) is 0.0261. The molecule has 0 aromatic heterocycles. The molecule has 0 rings (SSSR count). The van der Waals surface area contributed by atoms with Gasteiger partial charge < -0.3 is 14.2 Å². The van der Waals surface area contributed by atoms with Crippen molar-refractivity contribution >= 4 is 17.9 Å². The summed E-state index contributed by atoms with van der Waals surface area (Å²) in [6, 6.07) is 0. The van der Waals surface area contributed by atoms with Crippen molar-refractivity contribution in [2.75, 3.05) is 13.2 Å². The summed E-state index contributed by atoms with van der Waals surface area (Å²) in [6.07, 6.45) is 85.4. The van der Waals surface area contributed by atoms with Crippen LogP contribution in [0.2, 0.25) is 0 Å². The first-order valence-electron chi connectivity index (χ1n) is 34.3. The highest BCUT2D eigenvalue weighted by Crippen LogP contribution is 2.18. The molecule has 0 heterocycles. The Morgan fingerprint density at radius 2 is 0.500 bits per heavy atom. The van der Waals surface area contributed by atoms with E-state index < -0.39 is 6.10 Å². The molecule has 1 unspecified atom stereocenters. The minimum absolute atomic E-state index is 0.0693. The van der Waals surface area contributed by atoms with Gasteiger partial charge in [-0.1, -0.05) is 338 Å². The Balaban J connectivity index is 4.18. The van der Waals surface area contributed by atoms with E-state index in [1.807, 2.05) is 0 Å². The molecule has 0 N–H and O–H groups in total. The Kier molecular flexibility index (Phi) is 64.2. The summed E-state index contributed by atoms with van der Waals surface area (Å²) < 4.78 is 16.9. The zero-order valence-electron chi connectivity index (χ0n) is 52.2. The summed E-state index contributed by atoms with van der Waals surface area (Å²) >= 11 is 0. The summed E-state index contributed by atoms with van der Waals surface area (Å²) in [5, 5.41) is 0. The number of unbranched alkanes of at least 4 members (excludes halogenated alkanes) is 42. The maximum absolute atomic E-state index is 12.9. The molecule has 0 bridgehead atoms. The van der Waals surface area contributed by atoms with E-state index in [1.54, 1.807) is 0 Å². The largest absolute Gasteiger partial charge is 0.462 e. The predicted molar refractivity (Wildman–Crippen MR) is 339 cm³/mol. The SMILES string of the molecule is CC/C=C\C/C=C\C/C=C\C/C=C\C/C=C\CCCCCCCCCCCCCC(=O)OCC(COC(=O)CCCCCCCCCCCC)OC(=O)CCCCCCCCCCCCCCCCCCCCCCCCC. The van der Waals surface area contributed by atoms with Gasteiger partial charge in [0.25, 0.3) is 0 Å². The second kappa shape index (κ2) is 66.6. The molecule has 0 aromatic carbocycles. The van der Waals surface area contributed by atoms with Crippen molar-refractivity contribution in [2.45, 2.75) is 367 Å². The van der Waals surface area contributed by atoms with Crippen molar-refractivity contribution in [3.63, 3.8) is 0 Å². The van der Waals surface area contributed by atoms with Crippen LogP contribution >= 0.6 is 0 Å². The highest BCUT2D eigenvalue weighted by atomic mass is 16.6. The summed E-state index contributed by atoms with van der Waals surface area (Å²) in [7, 11) is 0. The number of ether oxygens (including phenoxy) is 3. The van der Waals surface area contributed by atoms with Crippen LogP contribution in [0.4, 0.5) is 0 Å². The fourth-order valence-corrected chi connectivity index (χ4v) is 10.2. The van der Waals surface area contributed by atoms with Gasteiger partial charge in [-0.3, -0.25) is 14.4 Å². The Morgan fingerprint density at radius 3 is 0.782 bits per heavy atom. The molecule has 0 aliphatic rings. The highest BCUT2D eigenvalue weighted by molar-refractivity contribution is 5.71. The third-order valence-electron chi connectivity index (χ3n) is 15.3. The first kappa shape index (κ1) is 75.1. The summed E-state index contributed by atoms with van der Waals surface area (Å²) in [5.41, 5.74) is 0. The predicted octanol–water partition coefficient (Wildman–Crippen LogP) is 23.5. The van der Waals surface area contributed by atoms with Crippen molar-refractivity contribution in [1.29, 1.82) is 0 Å². The van der Waals surface area contributed by atoms with Crippen LogP contribution in [0.3, 0.4) is 0 Å². The lowest BCUT2D eigenvalue weighted by Gasteiger charge is -2.18. The fourth-order valence-electron chi connectivity index (χ4n) is 10.2. The number of carbonyl (C=O) groups excluding carboxylic acids is 3. The van der Waals surface area contributed by atoms with Crippen molar-refractivity contribution in [2.24, 2.45) is 0 Å². The molecule has 0 fully saturated rings. The molecule has 0 amide bonds. The summed E-state index contributed by atoms with van der Waals surface area (Å²) in [4.78, 5) is 38.3. The number of hydrogen-bond donors (Lipinski definition) is 0. The van der Waals surface area contributed by atoms with Crippen molar-refractivity contribution in [3.8, 4) is 0 Å². The first-order chi connectivity index (χ1) is 38.5. The maximum Gasteiger partial charge on any atom is 0.306 e. The lowest BCUT2D eigenvalue weighted by atomic mass is 10.0. The van der Waals surface area contributed by atoms with Gasteiger partial charge in [-0.15, -0.1) is 0 Å². The minimum Gasteiger partial charge on any atom is -0.462 e. The van der Waals surface area contributed by atoms with Crippen LogP contribution < -0.4 is 0 Å². The zero-order chi connectivity index (χ0) is 56.4. The van der Waals surface area contributed by atoms with E-state index in [1.165, 1.54) is 231 Å². The second-order valence-corrected chi connectivity index (χ2v) is 23.1. The van der Waals surface area contributed by atoms with Crippen molar-refractivity contribution < 1.29 is 28.6 Å². The monoisotopic (exact) mass is 1090 g/mol. The molecule has 454 valence electrons. The van der Waals surface area contributed by atoms with Crippen LogP contribution in [0.1, 0.15) is 361 Å². The molecule has 6 heteroatoms. The van der Waals surface area contributed by atoms with Crippen LogP contribution in [0, 0.1) is 0 Å². The normalized spacial score (nSPS) is 12.4. The van der Waals surface area contributed by atoms with E-state index in [0.717, 1.165) is 89.9 Å². The second-order valence-electron chi connectivity index (χ2n) is 23.1. The van der Waals surface area contributed by atoms with Gasteiger partial charge >= 0.3 is 17.9 Å². The Labute approximate surface area is 485 Å². The van der Waals surface area contributed by atoms with Gasteiger partial charge in [0.2, 0.25) is 0 Å². The highest BCUT2D eigenvalue weighted by Gasteiger charge is 2.19. The van der Waals surface area contributed by atoms with E-state index in [0.29, 0.717) is 19.3 Å². The van der Waals surface area contributed by atoms with Crippen LogP contribution in [-0.4, -0.2) is 37.2 Å². The smallest absolute Gasteiger partial charge is 0.306 e. The third-order valence-corrected chi connectivity index (χ3v) is 15.3. The lowest BCUT2D eigenvalue weighted by Crippen LogP contribution is -2.30. The molecule has 0 radical (unpaired) electrons. The van der Waals surface area contributed by atoms with Gasteiger partial charge in [-0.05, 0) is 64.2 Å². The van der Waals surface area contributed by atoms with E-state index in [2.05, 4.69) is 81.5 Å². The van der Waals surface area contributed by atoms with E-state index in [9.17, 15) is 14.4 Å². The molecular formula is C72H130O6. The lowest BCUT2D eigenvalue weighted by molar-refractivity contribution is -0.167. The molecule has 0 saturated carbocycles. The number of hydrogen-bond acceptors (Lipinski definition) is 6. The summed E-state index contributed by atoms with van der Waals surface area (Å²) in [6.45, 7) is 6.57. The minimum atomic E-state index is -0.772. The Hall–Kier alpha value is -2.89. The number of allylic oxidation sites excluding steroid dienone is 10. The first-order valence-corrected chi connectivity index (χ1v) is 34.3. The van der Waals surface area contributed by atoms with E-state index >= 15 is 0 Å². The standard InChI is InChI=1S/C72H130O6/c1-4-7-10-13-16-19-22-24-26-28-30-32-34-35-36-37-39-40-42-44-46-48-50-53-56-59-62-65-71(74)77-68-69(67-76-70(73)64-61-58-55-52-21-18-15-12-9-6-3)78-72(75)66-63-60-57-54-51-49-47-45-43-41-38-33-31-29-27-25-23-20-17-14-11-8-5-2/h7,10,16,19,24,26,30,32,35-36,69H,4-6,8-9,11-15,17-18,20-23,25,27-29,31,33-34,37-68H2,1-3H3/b10-7-,19-16-,26-24-,32-30-,36-35-. The molecule has 78 heavy (non-hydrogen) atoms. The van der Waals surface area contributed by atoms with Crippen molar-refractivity contribution in [1.82, 2.24) is 0 Å². The van der Waals surface area contributed by atoms with Gasteiger partial charge in [-0.25, -0.2) is 0 Å². The molecule has 0 aromatic rings. The molecule has 1 atom stereocenters. The molecule has 0 saturated heterocycles. The molecule has 0 aliphatic heterocycles. The zero-order valence-corrected chi connectivity index (χ0v) is 52.2. The molecule has 0 aliphatic carbocycles. The maximum atomic E-state index is 12.9. The van der Waals surface area contributed by atoms with Crippen LogP contribution in [0.5, 0.6) is 0 Å². The van der Waals surface area contributed by atoms with Gasteiger partial charge in [0, 0.05) is 19.3 Å². The van der Waals surface area contributed by atoms with E-state index in [4.69, 9.17) is 14.2 Å². The summed E-state index contributed by atoms with van der Waals surface area (Å²) in [5.74, 6) is -0.851. The van der Waals surface area contributed by atoms with Crippen LogP contribution in [-0.2, 0) is 28.6 Å². The van der Waals surface area contributed by atoms with Gasteiger partial charge in [-0.2, -0.15) is 0 Å². The molecule has 0 spiro atoms. The average Bonchev–Trinajstić information content (AvgIpc) is 3.44. The van der Waals surface area contributed by atoms with Crippen LogP contribution in [0.25, 0.3) is 0 Å². The van der Waals surface area contributed by atoms with Crippen molar-refractivity contribution in [3.05, 3.63) is 60.8 Å². The Morgan fingerprint density at radius 1 is 0.269 bits per heavy atom.